The molecule has 2 aliphatic rings. The SMILES string of the molecule is Cc1ccc2c(c1)C(c1c(C)sc(C)c1C)=NC2=Cc1cc2c([nH]1)-c1ccccc1CC2. The van der Waals surface area contributed by atoms with E-state index < -0.39 is 0 Å². The number of H-pyrrole nitrogens is 1. The molecule has 0 saturated carbocycles. The summed E-state index contributed by atoms with van der Waals surface area (Å²) < 4.78 is 0. The Morgan fingerprint density at radius 1 is 0.844 bits per heavy atom. The molecule has 1 aliphatic heterocycles. The standard InChI is InChI=1S/C29H26N2S/c1-16-9-12-24-25(13-16)29(27-17(2)18(3)32-19(27)4)31-26(24)15-22-14-21-11-10-20-7-5-6-8-23(20)28(21)30-22/h5-9,12-15,30H,10-11H2,1-4H3. The van der Waals surface area contributed by atoms with Gasteiger partial charge in [-0.3, -0.25) is 0 Å². The minimum absolute atomic E-state index is 1.05. The highest BCUT2D eigenvalue weighted by molar-refractivity contribution is 7.12. The summed E-state index contributed by atoms with van der Waals surface area (Å²) in [5.41, 5.74) is 15.2. The van der Waals surface area contributed by atoms with Crippen LogP contribution in [0.15, 0.2) is 53.5 Å². The molecule has 1 N–H and O–H groups in total. The third-order valence-electron chi connectivity index (χ3n) is 6.90. The molecule has 0 radical (unpaired) electrons. The number of rotatable bonds is 2. The Morgan fingerprint density at radius 3 is 2.47 bits per heavy atom. The van der Waals surface area contributed by atoms with Crippen molar-refractivity contribution in [1.82, 2.24) is 4.98 Å². The third-order valence-corrected chi connectivity index (χ3v) is 8.02. The van der Waals surface area contributed by atoms with E-state index in [1.807, 2.05) is 11.3 Å². The van der Waals surface area contributed by atoms with Crippen molar-refractivity contribution in [3.8, 4) is 11.3 Å². The molecule has 0 atom stereocenters. The van der Waals surface area contributed by atoms with Gasteiger partial charge in [0.2, 0.25) is 0 Å². The van der Waals surface area contributed by atoms with E-state index in [-0.39, 0.29) is 0 Å². The van der Waals surface area contributed by atoms with E-state index in [2.05, 4.69) is 87.3 Å². The van der Waals surface area contributed by atoms with Crippen LogP contribution < -0.4 is 0 Å². The quantitative estimate of drug-likeness (QED) is 0.340. The van der Waals surface area contributed by atoms with Gasteiger partial charge in [0.05, 0.1) is 11.4 Å². The summed E-state index contributed by atoms with van der Waals surface area (Å²) in [4.78, 5) is 11.6. The molecular weight excluding hydrogens is 408 g/mol. The molecule has 32 heavy (non-hydrogen) atoms. The average molecular weight is 435 g/mol. The summed E-state index contributed by atoms with van der Waals surface area (Å²) in [6.45, 7) is 8.82. The number of aliphatic imine (C=N–C) groups is 1. The fourth-order valence-electron chi connectivity index (χ4n) is 5.20. The number of aromatic nitrogens is 1. The molecule has 0 bridgehead atoms. The first kappa shape index (κ1) is 19.5. The van der Waals surface area contributed by atoms with Crippen LogP contribution in [0.4, 0.5) is 0 Å². The van der Waals surface area contributed by atoms with Gasteiger partial charge in [-0.25, -0.2) is 4.99 Å². The van der Waals surface area contributed by atoms with Crippen molar-refractivity contribution >= 4 is 28.8 Å². The smallest absolute Gasteiger partial charge is 0.0802 e. The van der Waals surface area contributed by atoms with Crippen LogP contribution in [-0.2, 0) is 12.8 Å². The van der Waals surface area contributed by atoms with Crippen LogP contribution in [0.3, 0.4) is 0 Å². The van der Waals surface area contributed by atoms with E-state index in [0.29, 0.717) is 0 Å². The molecule has 3 heteroatoms. The molecule has 1 aliphatic carbocycles. The van der Waals surface area contributed by atoms with E-state index in [1.165, 1.54) is 60.0 Å². The molecule has 2 aromatic heterocycles. The highest BCUT2D eigenvalue weighted by atomic mass is 32.1. The molecule has 2 nitrogen and oxygen atoms in total. The van der Waals surface area contributed by atoms with Crippen molar-refractivity contribution in [2.45, 2.75) is 40.5 Å². The molecule has 4 aromatic rings. The van der Waals surface area contributed by atoms with E-state index >= 15 is 0 Å². The van der Waals surface area contributed by atoms with Gasteiger partial charge < -0.3 is 4.98 Å². The van der Waals surface area contributed by atoms with Gasteiger partial charge in [-0.05, 0) is 75.4 Å². The number of thiophene rings is 1. The maximum absolute atomic E-state index is 5.21. The lowest BCUT2D eigenvalue weighted by atomic mass is 9.90. The van der Waals surface area contributed by atoms with Gasteiger partial charge in [-0.15, -0.1) is 11.3 Å². The fourth-order valence-corrected chi connectivity index (χ4v) is 6.26. The molecule has 3 heterocycles. The third kappa shape index (κ3) is 2.96. The minimum atomic E-state index is 1.05. The summed E-state index contributed by atoms with van der Waals surface area (Å²) in [5, 5.41) is 0. The monoisotopic (exact) mass is 434 g/mol. The number of aromatic amines is 1. The zero-order valence-electron chi connectivity index (χ0n) is 19.0. The first-order chi connectivity index (χ1) is 15.5. The van der Waals surface area contributed by atoms with Crippen LogP contribution in [0.5, 0.6) is 0 Å². The molecule has 158 valence electrons. The van der Waals surface area contributed by atoms with Crippen LogP contribution in [0, 0.1) is 27.7 Å². The average Bonchev–Trinajstić information content (AvgIpc) is 3.42. The zero-order valence-corrected chi connectivity index (χ0v) is 19.8. The molecule has 0 saturated heterocycles. The topological polar surface area (TPSA) is 28.1 Å². The van der Waals surface area contributed by atoms with E-state index in [4.69, 9.17) is 4.99 Å². The number of aryl methyl sites for hydroxylation is 5. The second kappa shape index (κ2) is 7.18. The van der Waals surface area contributed by atoms with Crippen LogP contribution in [0.1, 0.15) is 54.4 Å². The Labute approximate surface area is 193 Å². The highest BCUT2D eigenvalue weighted by Crippen LogP contribution is 2.39. The number of hydrogen-bond donors (Lipinski definition) is 1. The summed E-state index contributed by atoms with van der Waals surface area (Å²) in [5.74, 6) is 0. The van der Waals surface area contributed by atoms with Crippen LogP contribution >= 0.6 is 11.3 Å². The van der Waals surface area contributed by atoms with Crippen molar-refractivity contribution in [3.63, 3.8) is 0 Å². The predicted molar refractivity (Wildman–Crippen MR) is 137 cm³/mol. The lowest BCUT2D eigenvalue weighted by Crippen LogP contribution is -2.03. The lowest BCUT2D eigenvalue weighted by Gasteiger charge is -2.15. The van der Waals surface area contributed by atoms with E-state index in [9.17, 15) is 0 Å². The molecule has 0 unspecified atom stereocenters. The van der Waals surface area contributed by atoms with Crippen molar-refractivity contribution in [1.29, 1.82) is 0 Å². The number of fused-ring (bicyclic) bond motifs is 4. The van der Waals surface area contributed by atoms with Gasteiger partial charge in [-0.1, -0.05) is 42.0 Å². The Kier molecular flexibility index (Phi) is 4.38. The summed E-state index contributed by atoms with van der Waals surface area (Å²) in [6, 6.07) is 17.8. The summed E-state index contributed by atoms with van der Waals surface area (Å²) in [6.07, 6.45) is 4.42. The Bertz CT molecular complexity index is 1460. The van der Waals surface area contributed by atoms with Crippen molar-refractivity contribution in [2.75, 3.05) is 0 Å². The van der Waals surface area contributed by atoms with Gasteiger partial charge >= 0.3 is 0 Å². The number of nitrogens with zero attached hydrogens (tertiary/aromatic N) is 1. The van der Waals surface area contributed by atoms with Crippen molar-refractivity contribution < 1.29 is 0 Å². The highest BCUT2D eigenvalue weighted by Gasteiger charge is 2.26. The van der Waals surface area contributed by atoms with Gasteiger partial charge in [0.1, 0.15) is 0 Å². The van der Waals surface area contributed by atoms with Crippen LogP contribution in [0.25, 0.3) is 23.0 Å². The zero-order chi connectivity index (χ0) is 22.0. The maximum Gasteiger partial charge on any atom is 0.0802 e. The van der Waals surface area contributed by atoms with Gasteiger partial charge in [-0.2, -0.15) is 0 Å². The lowest BCUT2D eigenvalue weighted by molar-refractivity contribution is 0.942. The molecule has 2 aromatic carbocycles. The molecule has 0 amide bonds. The molecule has 6 rings (SSSR count). The van der Waals surface area contributed by atoms with Gasteiger partial charge in [0.15, 0.2) is 0 Å². The second-order valence-corrected chi connectivity index (χ2v) is 10.5. The van der Waals surface area contributed by atoms with Gasteiger partial charge in [0, 0.05) is 43.4 Å². The summed E-state index contributed by atoms with van der Waals surface area (Å²) >= 11 is 1.87. The van der Waals surface area contributed by atoms with Gasteiger partial charge in [0.25, 0.3) is 0 Å². The van der Waals surface area contributed by atoms with Crippen molar-refractivity contribution in [3.05, 3.63) is 103 Å². The molecular formula is C29H26N2S. The predicted octanol–water partition coefficient (Wildman–Crippen LogP) is 7.42. The summed E-state index contributed by atoms with van der Waals surface area (Å²) in [7, 11) is 0. The van der Waals surface area contributed by atoms with Crippen LogP contribution in [0.2, 0.25) is 0 Å². The second-order valence-electron chi connectivity index (χ2n) is 9.04. The fraction of sp³-hybridized carbons (Fsp3) is 0.207. The first-order valence-electron chi connectivity index (χ1n) is 11.3. The normalized spacial score (nSPS) is 15.5. The number of hydrogen-bond acceptors (Lipinski definition) is 2. The number of benzene rings is 2. The van der Waals surface area contributed by atoms with E-state index in [0.717, 1.165) is 29.9 Å². The van der Waals surface area contributed by atoms with Crippen LogP contribution in [-0.4, -0.2) is 10.7 Å². The first-order valence-corrected chi connectivity index (χ1v) is 12.1. The maximum atomic E-state index is 5.21. The Hall–Kier alpha value is -3.17. The Balaban J connectivity index is 1.50. The molecule has 0 fully saturated rings. The molecule has 0 spiro atoms. The van der Waals surface area contributed by atoms with Crippen molar-refractivity contribution in [2.24, 2.45) is 4.99 Å². The largest absolute Gasteiger partial charge is 0.355 e. The minimum Gasteiger partial charge on any atom is -0.355 e. The van der Waals surface area contributed by atoms with E-state index in [1.54, 1.807) is 0 Å². The number of nitrogens with one attached hydrogen (secondary N) is 1. The Morgan fingerprint density at radius 2 is 1.66 bits per heavy atom.